The highest BCUT2D eigenvalue weighted by molar-refractivity contribution is 5.94. The molecule has 0 aliphatic rings. The fourth-order valence-corrected chi connectivity index (χ4v) is 2.25. The molecule has 0 bridgehead atoms. The Morgan fingerprint density at radius 3 is 2.46 bits per heavy atom. The molecular formula is C19H22FNO3. The predicted octanol–water partition coefficient (Wildman–Crippen LogP) is 3.38. The van der Waals surface area contributed by atoms with Crippen molar-refractivity contribution in [3.63, 3.8) is 0 Å². The fourth-order valence-electron chi connectivity index (χ4n) is 2.25. The molecule has 1 unspecified atom stereocenters. The summed E-state index contributed by atoms with van der Waals surface area (Å²) >= 11 is 0. The SMILES string of the molecule is Cc1ccc(C(=O)NCC(O)c2ccc(OC(C)C)cc2)c(F)c1. The molecule has 0 spiro atoms. The minimum absolute atomic E-state index is 0.00344. The summed E-state index contributed by atoms with van der Waals surface area (Å²) in [6.45, 7) is 5.61. The Morgan fingerprint density at radius 2 is 1.88 bits per heavy atom. The maximum absolute atomic E-state index is 13.8. The lowest BCUT2D eigenvalue weighted by atomic mass is 10.1. The molecule has 24 heavy (non-hydrogen) atoms. The number of benzene rings is 2. The van der Waals surface area contributed by atoms with Crippen LogP contribution in [-0.2, 0) is 0 Å². The number of aliphatic hydroxyl groups is 1. The zero-order valence-corrected chi connectivity index (χ0v) is 14.0. The number of aryl methyl sites for hydroxylation is 1. The summed E-state index contributed by atoms with van der Waals surface area (Å²) in [6, 6.07) is 11.4. The van der Waals surface area contributed by atoms with Gasteiger partial charge in [-0.05, 0) is 56.2 Å². The normalized spacial score (nSPS) is 12.1. The number of hydrogen-bond acceptors (Lipinski definition) is 3. The van der Waals surface area contributed by atoms with E-state index in [1.807, 2.05) is 13.8 Å². The molecule has 0 heterocycles. The third-order valence-corrected chi connectivity index (χ3v) is 3.46. The molecule has 0 fully saturated rings. The molecule has 0 aliphatic heterocycles. The van der Waals surface area contributed by atoms with Crippen LogP contribution in [0, 0.1) is 12.7 Å². The van der Waals surface area contributed by atoms with E-state index in [1.165, 1.54) is 12.1 Å². The van der Waals surface area contributed by atoms with Gasteiger partial charge in [-0.15, -0.1) is 0 Å². The van der Waals surface area contributed by atoms with Crippen LogP contribution in [0.25, 0.3) is 0 Å². The number of ether oxygens (including phenoxy) is 1. The lowest BCUT2D eigenvalue weighted by Gasteiger charge is -2.14. The monoisotopic (exact) mass is 331 g/mol. The summed E-state index contributed by atoms with van der Waals surface area (Å²) in [5.74, 6) is -0.407. The largest absolute Gasteiger partial charge is 0.491 e. The number of amides is 1. The molecule has 2 rings (SSSR count). The molecule has 0 radical (unpaired) electrons. The lowest BCUT2D eigenvalue weighted by Crippen LogP contribution is -2.29. The quantitative estimate of drug-likeness (QED) is 0.853. The van der Waals surface area contributed by atoms with Crippen molar-refractivity contribution in [2.24, 2.45) is 0 Å². The van der Waals surface area contributed by atoms with Crippen LogP contribution < -0.4 is 10.1 Å². The fraction of sp³-hybridized carbons (Fsp3) is 0.316. The van der Waals surface area contributed by atoms with Crippen molar-refractivity contribution in [2.45, 2.75) is 33.0 Å². The molecule has 0 saturated carbocycles. The Hall–Kier alpha value is -2.40. The summed E-state index contributed by atoms with van der Waals surface area (Å²) in [5, 5.41) is 12.7. The average molecular weight is 331 g/mol. The highest BCUT2D eigenvalue weighted by Crippen LogP contribution is 2.18. The number of nitrogens with one attached hydrogen (secondary N) is 1. The van der Waals surface area contributed by atoms with Crippen LogP contribution in [-0.4, -0.2) is 23.7 Å². The average Bonchev–Trinajstić information content (AvgIpc) is 2.52. The molecule has 2 aromatic carbocycles. The van der Waals surface area contributed by atoms with Gasteiger partial charge in [0.1, 0.15) is 11.6 Å². The van der Waals surface area contributed by atoms with E-state index in [-0.39, 0.29) is 18.2 Å². The van der Waals surface area contributed by atoms with E-state index in [0.29, 0.717) is 11.3 Å². The maximum Gasteiger partial charge on any atom is 0.254 e. The molecule has 1 atom stereocenters. The maximum atomic E-state index is 13.8. The molecule has 0 aromatic heterocycles. The number of rotatable bonds is 6. The first kappa shape index (κ1) is 17.9. The summed E-state index contributed by atoms with van der Waals surface area (Å²) < 4.78 is 19.3. The van der Waals surface area contributed by atoms with E-state index >= 15 is 0 Å². The van der Waals surface area contributed by atoms with Crippen LogP contribution in [0.3, 0.4) is 0 Å². The number of aliphatic hydroxyl groups excluding tert-OH is 1. The third-order valence-electron chi connectivity index (χ3n) is 3.46. The van der Waals surface area contributed by atoms with Gasteiger partial charge in [-0.1, -0.05) is 18.2 Å². The Kier molecular flexibility index (Phi) is 5.93. The molecule has 5 heteroatoms. The van der Waals surface area contributed by atoms with E-state index in [1.54, 1.807) is 37.3 Å². The van der Waals surface area contributed by atoms with Gasteiger partial charge in [0.15, 0.2) is 0 Å². The van der Waals surface area contributed by atoms with Gasteiger partial charge in [0.2, 0.25) is 0 Å². The second kappa shape index (κ2) is 7.93. The molecular weight excluding hydrogens is 309 g/mol. The second-order valence-electron chi connectivity index (χ2n) is 5.94. The zero-order chi connectivity index (χ0) is 17.7. The van der Waals surface area contributed by atoms with Crippen molar-refractivity contribution in [3.05, 3.63) is 65.0 Å². The summed E-state index contributed by atoms with van der Waals surface area (Å²) in [6.07, 6.45) is -0.806. The second-order valence-corrected chi connectivity index (χ2v) is 5.94. The topological polar surface area (TPSA) is 58.6 Å². The van der Waals surface area contributed by atoms with E-state index in [4.69, 9.17) is 4.74 Å². The Labute approximate surface area is 141 Å². The number of carbonyl (C=O) groups excluding carboxylic acids is 1. The van der Waals surface area contributed by atoms with Crippen molar-refractivity contribution in [2.75, 3.05) is 6.54 Å². The van der Waals surface area contributed by atoms with Gasteiger partial charge in [0, 0.05) is 6.54 Å². The van der Waals surface area contributed by atoms with Crippen molar-refractivity contribution in [3.8, 4) is 5.75 Å². The van der Waals surface area contributed by atoms with Crippen molar-refractivity contribution < 1.29 is 19.0 Å². The van der Waals surface area contributed by atoms with Gasteiger partial charge in [-0.3, -0.25) is 4.79 Å². The molecule has 0 aliphatic carbocycles. The highest BCUT2D eigenvalue weighted by Gasteiger charge is 2.14. The van der Waals surface area contributed by atoms with Crippen molar-refractivity contribution >= 4 is 5.91 Å². The van der Waals surface area contributed by atoms with E-state index in [0.717, 1.165) is 5.56 Å². The van der Waals surface area contributed by atoms with Crippen LogP contribution in [0.15, 0.2) is 42.5 Å². The molecule has 4 nitrogen and oxygen atoms in total. The van der Waals surface area contributed by atoms with E-state index < -0.39 is 17.8 Å². The van der Waals surface area contributed by atoms with Crippen molar-refractivity contribution in [1.29, 1.82) is 0 Å². The highest BCUT2D eigenvalue weighted by atomic mass is 19.1. The van der Waals surface area contributed by atoms with Crippen LogP contribution in [0.1, 0.15) is 41.4 Å². The summed E-state index contributed by atoms with van der Waals surface area (Å²) in [4.78, 5) is 12.0. The van der Waals surface area contributed by atoms with Gasteiger partial charge in [0.25, 0.3) is 5.91 Å². The van der Waals surface area contributed by atoms with Crippen molar-refractivity contribution in [1.82, 2.24) is 5.32 Å². The summed E-state index contributed by atoms with van der Waals surface area (Å²) in [7, 11) is 0. The smallest absolute Gasteiger partial charge is 0.254 e. The minimum Gasteiger partial charge on any atom is -0.491 e. The Balaban J connectivity index is 1.94. The van der Waals surface area contributed by atoms with Gasteiger partial charge < -0.3 is 15.2 Å². The van der Waals surface area contributed by atoms with Gasteiger partial charge in [0.05, 0.1) is 17.8 Å². The van der Waals surface area contributed by atoms with Gasteiger partial charge in [-0.2, -0.15) is 0 Å². The van der Waals surface area contributed by atoms with Gasteiger partial charge in [-0.25, -0.2) is 4.39 Å². The minimum atomic E-state index is -0.879. The van der Waals surface area contributed by atoms with E-state index in [9.17, 15) is 14.3 Å². The standard InChI is InChI=1S/C19H22FNO3/c1-12(2)24-15-7-5-14(6-8-15)18(22)11-21-19(23)16-9-4-13(3)10-17(16)20/h4-10,12,18,22H,11H2,1-3H3,(H,21,23). The zero-order valence-electron chi connectivity index (χ0n) is 14.0. The van der Waals surface area contributed by atoms with Gasteiger partial charge >= 0.3 is 0 Å². The molecule has 2 aromatic rings. The van der Waals surface area contributed by atoms with Crippen LogP contribution >= 0.6 is 0 Å². The lowest BCUT2D eigenvalue weighted by molar-refractivity contribution is 0.0912. The molecule has 128 valence electrons. The number of carbonyl (C=O) groups is 1. The summed E-state index contributed by atoms with van der Waals surface area (Å²) in [5.41, 5.74) is 1.36. The van der Waals surface area contributed by atoms with Crippen LogP contribution in [0.4, 0.5) is 4.39 Å². The Morgan fingerprint density at radius 1 is 1.21 bits per heavy atom. The third kappa shape index (κ3) is 4.80. The number of halogens is 1. The first-order valence-electron chi connectivity index (χ1n) is 7.86. The number of hydrogen-bond donors (Lipinski definition) is 2. The first-order valence-corrected chi connectivity index (χ1v) is 7.86. The molecule has 1 amide bonds. The van der Waals surface area contributed by atoms with Crippen LogP contribution in [0.2, 0.25) is 0 Å². The Bertz CT molecular complexity index is 698. The first-order chi connectivity index (χ1) is 11.4. The van der Waals surface area contributed by atoms with E-state index in [2.05, 4.69) is 5.32 Å². The van der Waals surface area contributed by atoms with Crippen LogP contribution in [0.5, 0.6) is 5.75 Å². The molecule has 0 saturated heterocycles. The molecule has 2 N–H and O–H groups in total. The predicted molar refractivity (Wildman–Crippen MR) is 90.6 cm³/mol.